The zero-order valence-corrected chi connectivity index (χ0v) is 17.8. The molecule has 0 saturated carbocycles. The van der Waals surface area contributed by atoms with Gasteiger partial charge in [-0.2, -0.15) is 4.98 Å². The van der Waals surface area contributed by atoms with Crippen LogP contribution in [0.15, 0.2) is 37.3 Å². The van der Waals surface area contributed by atoms with Crippen LogP contribution in [0.25, 0.3) is 27.6 Å². The first-order chi connectivity index (χ1) is 14.1. The normalized spacial score (nSPS) is 20.9. The number of nitrogens with two attached hydrogens (primary N) is 1. The third kappa shape index (κ3) is 3.49. The summed E-state index contributed by atoms with van der Waals surface area (Å²) in [4.78, 5) is 25.8. The molecule has 1 saturated heterocycles. The van der Waals surface area contributed by atoms with Crippen LogP contribution in [0.3, 0.4) is 0 Å². The third-order valence-electron chi connectivity index (χ3n) is 5.27. The molecule has 2 unspecified atom stereocenters. The van der Waals surface area contributed by atoms with E-state index in [1.165, 1.54) is 6.20 Å². The predicted molar refractivity (Wildman–Crippen MR) is 116 cm³/mol. The molecular weight excluding hydrogens is 438 g/mol. The Bertz CT molecular complexity index is 1180. The summed E-state index contributed by atoms with van der Waals surface area (Å²) >= 11 is 3.42. The SMILES string of the molecule is CCC1CC(n2c(=O)nc(/C(C=NC)=C/N)c3oc4cnc(Br)cc4c32)CCO1. The van der Waals surface area contributed by atoms with Gasteiger partial charge in [-0.15, -0.1) is 0 Å². The Morgan fingerprint density at radius 3 is 3.07 bits per heavy atom. The Labute approximate surface area is 175 Å². The number of halogens is 1. The van der Waals surface area contributed by atoms with E-state index in [0.29, 0.717) is 39.2 Å². The van der Waals surface area contributed by atoms with Gasteiger partial charge in [0, 0.05) is 43.1 Å². The van der Waals surface area contributed by atoms with E-state index in [9.17, 15) is 4.79 Å². The first-order valence-corrected chi connectivity index (χ1v) is 10.3. The van der Waals surface area contributed by atoms with E-state index in [-0.39, 0.29) is 17.8 Å². The number of fused-ring (bicyclic) bond motifs is 3. The summed E-state index contributed by atoms with van der Waals surface area (Å²) in [7, 11) is 1.63. The van der Waals surface area contributed by atoms with Crippen LogP contribution in [-0.4, -0.2) is 40.5 Å². The molecule has 4 rings (SSSR count). The summed E-state index contributed by atoms with van der Waals surface area (Å²) in [5.41, 5.74) is 8.12. The van der Waals surface area contributed by atoms with Crippen molar-refractivity contribution in [1.29, 1.82) is 0 Å². The van der Waals surface area contributed by atoms with Crippen LogP contribution >= 0.6 is 15.9 Å². The van der Waals surface area contributed by atoms with Crippen molar-refractivity contribution in [3.8, 4) is 0 Å². The zero-order valence-electron chi connectivity index (χ0n) is 16.3. The van der Waals surface area contributed by atoms with Gasteiger partial charge >= 0.3 is 5.69 Å². The van der Waals surface area contributed by atoms with Crippen molar-refractivity contribution in [1.82, 2.24) is 14.5 Å². The van der Waals surface area contributed by atoms with E-state index in [1.807, 2.05) is 6.07 Å². The number of allylic oxidation sites excluding steroid dienone is 1. The minimum Gasteiger partial charge on any atom is -0.450 e. The number of furan rings is 1. The molecule has 0 aromatic carbocycles. The van der Waals surface area contributed by atoms with Crippen LogP contribution in [0.1, 0.15) is 37.9 Å². The molecule has 1 aliphatic heterocycles. The lowest BCUT2D eigenvalue weighted by Crippen LogP contribution is -2.34. The van der Waals surface area contributed by atoms with Crippen molar-refractivity contribution in [2.75, 3.05) is 13.7 Å². The van der Waals surface area contributed by atoms with Crippen molar-refractivity contribution in [2.45, 2.75) is 38.3 Å². The van der Waals surface area contributed by atoms with Gasteiger partial charge in [0.1, 0.15) is 15.8 Å². The highest BCUT2D eigenvalue weighted by molar-refractivity contribution is 9.10. The van der Waals surface area contributed by atoms with E-state index < -0.39 is 0 Å². The van der Waals surface area contributed by atoms with E-state index in [1.54, 1.807) is 24.0 Å². The van der Waals surface area contributed by atoms with Crippen LogP contribution in [0.4, 0.5) is 0 Å². The summed E-state index contributed by atoms with van der Waals surface area (Å²) in [6.07, 6.45) is 7.08. The molecule has 0 bridgehead atoms. The summed E-state index contributed by atoms with van der Waals surface area (Å²) in [6.45, 7) is 2.70. The number of rotatable bonds is 4. The lowest BCUT2D eigenvalue weighted by Gasteiger charge is -2.30. The second-order valence-electron chi connectivity index (χ2n) is 6.98. The minimum absolute atomic E-state index is 0.0249. The van der Waals surface area contributed by atoms with Gasteiger partial charge in [0.2, 0.25) is 0 Å². The lowest BCUT2D eigenvalue weighted by molar-refractivity contribution is -0.00711. The summed E-state index contributed by atoms with van der Waals surface area (Å²) in [6, 6.07) is 1.83. The molecule has 1 aliphatic rings. The maximum atomic E-state index is 13.2. The average molecular weight is 460 g/mol. The summed E-state index contributed by atoms with van der Waals surface area (Å²) < 4.78 is 14.3. The van der Waals surface area contributed by atoms with Crippen LogP contribution in [0.2, 0.25) is 0 Å². The van der Waals surface area contributed by atoms with Gasteiger partial charge in [-0.05, 0) is 41.3 Å². The highest BCUT2D eigenvalue weighted by Crippen LogP contribution is 2.36. The highest BCUT2D eigenvalue weighted by Gasteiger charge is 2.28. The smallest absolute Gasteiger partial charge is 0.349 e. The number of hydrogen-bond acceptors (Lipinski definition) is 7. The van der Waals surface area contributed by atoms with Crippen molar-refractivity contribution in [2.24, 2.45) is 10.7 Å². The maximum absolute atomic E-state index is 13.2. The molecule has 9 heteroatoms. The van der Waals surface area contributed by atoms with Crippen molar-refractivity contribution in [3.05, 3.63) is 39.2 Å². The molecule has 0 aliphatic carbocycles. The van der Waals surface area contributed by atoms with Crippen molar-refractivity contribution in [3.63, 3.8) is 0 Å². The minimum atomic E-state index is -0.339. The Morgan fingerprint density at radius 2 is 2.34 bits per heavy atom. The van der Waals surface area contributed by atoms with Gasteiger partial charge in [0.25, 0.3) is 0 Å². The molecule has 0 spiro atoms. The number of hydrogen-bond donors (Lipinski definition) is 1. The number of aliphatic imine (C=N–C) groups is 1. The van der Waals surface area contributed by atoms with E-state index in [2.05, 4.69) is 37.8 Å². The Balaban J connectivity index is 2.06. The molecule has 2 N–H and O–H groups in total. The molecule has 3 aromatic heterocycles. The van der Waals surface area contributed by atoms with Gasteiger partial charge in [0.05, 0.1) is 12.3 Å². The van der Waals surface area contributed by atoms with E-state index in [4.69, 9.17) is 14.9 Å². The lowest BCUT2D eigenvalue weighted by atomic mass is 10.0. The van der Waals surface area contributed by atoms with Gasteiger partial charge in [-0.3, -0.25) is 9.56 Å². The van der Waals surface area contributed by atoms with Crippen molar-refractivity contribution < 1.29 is 9.15 Å². The monoisotopic (exact) mass is 459 g/mol. The highest BCUT2D eigenvalue weighted by atomic mass is 79.9. The molecule has 2 atom stereocenters. The standard InChI is InChI=1S/C20H22BrN5O3/c1-3-13-6-12(4-5-28-13)26-18-14-7-16(21)24-10-15(14)29-19(18)17(25-20(26)27)11(8-22)9-23-2/h7-10,12-13H,3-6,22H2,1-2H3/b11-8+,23-9?. The maximum Gasteiger partial charge on any atom is 0.349 e. The van der Waals surface area contributed by atoms with E-state index in [0.717, 1.165) is 24.6 Å². The Morgan fingerprint density at radius 1 is 1.52 bits per heavy atom. The number of nitrogens with zero attached hydrogens (tertiary/aromatic N) is 4. The van der Waals surface area contributed by atoms with Gasteiger partial charge in [-0.25, -0.2) is 9.78 Å². The van der Waals surface area contributed by atoms with Crippen LogP contribution in [-0.2, 0) is 4.74 Å². The van der Waals surface area contributed by atoms with Gasteiger partial charge in [0.15, 0.2) is 11.2 Å². The molecule has 3 aromatic rings. The fraction of sp³-hybridized carbons (Fsp3) is 0.400. The van der Waals surface area contributed by atoms with Crippen molar-refractivity contribution >= 4 is 49.8 Å². The first-order valence-electron chi connectivity index (χ1n) is 9.53. The zero-order chi connectivity index (χ0) is 20.5. The summed E-state index contributed by atoms with van der Waals surface area (Å²) in [5.74, 6) is 0. The fourth-order valence-corrected chi connectivity index (χ4v) is 4.23. The van der Waals surface area contributed by atoms with E-state index >= 15 is 0 Å². The Kier molecular flexibility index (Phi) is 5.51. The molecule has 1 fully saturated rings. The number of pyridine rings is 1. The van der Waals surface area contributed by atoms with Crippen LogP contribution < -0.4 is 11.4 Å². The van der Waals surface area contributed by atoms with Gasteiger partial charge in [-0.1, -0.05) is 6.92 Å². The average Bonchev–Trinajstić information content (AvgIpc) is 3.10. The largest absolute Gasteiger partial charge is 0.450 e. The molecule has 152 valence electrons. The second kappa shape index (κ2) is 8.08. The fourth-order valence-electron chi connectivity index (χ4n) is 3.90. The Hall–Kier alpha value is -2.52. The first kappa shape index (κ1) is 19.8. The summed E-state index contributed by atoms with van der Waals surface area (Å²) in [5, 5.41) is 0.798. The molecule has 29 heavy (non-hydrogen) atoms. The number of aromatic nitrogens is 3. The molecule has 0 amide bonds. The molecule has 0 radical (unpaired) electrons. The number of ether oxygens (including phenoxy) is 1. The van der Waals surface area contributed by atoms with Gasteiger partial charge < -0.3 is 14.9 Å². The van der Waals surface area contributed by atoms with Crippen LogP contribution in [0, 0.1) is 0 Å². The quantitative estimate of drug-likeness (QED) is 0.472. The second-order valence-corrected chi connectivity index (χ2v) is 7.80. The molecule has 8 nitrogen and oxygen atoms in total. The predicted octanol–water partition coefficient (Wildman–Crippen LogP) is 3.43. The topological polar surface area (TPSA) is 109 Å². The third-order valence-corrected chi connectivity index (χ3v) is 5.70. The molecular formula is C20H22BrN5O3. The van der Waals surface area contributed by atoms with Crippen LogP contribution in [0.5, 0.6) is 0 Å². The molecule has 4 heterocycles.